The number of aliphatic hydroxyl groups excluding tert-OH is 1. The van der Waals surface area contributed by atoms with E-state index in [1.807, 2.05) is 103 Å². The molecular formula is C45H41N3O7S. The van der Waals surface area contributed by atoms with Gasteiger partial charge in [0.05, 0.1) is 24.4 Å². The number of benzene rings is 5. The molecule has 1 aliphatic heterocycles. The Hall–Kier alpha value is -5.98. The van der Waals surface area contributed by atoms with E-state index in [0.717, 1.165) is 39.1 Å². The topological polar surface area (TPSA) is 139 Å². The van der Waals surface area contributed by atoms with E-state index in [1.54, 1.807) is 42.6 Å². The highest BCUT2D eigenvalue weighted by Crippen LogP contribution is 2.43. The first kappa shape index (κ1) is 38.3. The van der Waals surface area contributed by atoms with Gasteiger partial charge in [-0.2, -0.15) is 0 Å². The fourth-order valence-corrected chi connectivity index (χ4v) is 7.65. The van der Waals surface area contributed by atoms with Crippen molar-refractivity contribution in [2.24, 2.45) is 5.92 Å². The monoisotopic (exact) mass is 767 g/mol. The van der Waals surface area contributed by atoms with Gasteiger partial charge in [-0.05, 0) is 76.3 Å². The van der Waals surface area contributed by atoms with Crippen LogP contribution in [0.25, 0.3) is 11.1 Å². The van der Waals surface area contributed by atoms with Crippen molar-refractivity contribution in [2.45, 2.75) is 43.6 Å². The van der Waals surface area contributed by atoms with Gasteiger partial charge in [-0.3, -0.25) is 0 Å². The molecule has 0 spiro atoms. The van der Waals surface area contributed by atoms with Gasteiger partial charge in [-0.15, -0.1) is 11.8 Å². The lowest BCUT2D eigenvalue weighted by Gasteiger charge is -2.41. The largest absolute Gasteiger partial charge is 0.478 e. The first-order valence-electron chi connectivity index (χ1n) is 18.2. The molecule has 1 aromatic heterocycles. The van der Waals surface area contributed by atoms with Gasteiger partial charge in [0.25, 0.3) is 0 Å². The molecule has 0 radical (unpaired) electrons. The minimum atomic E-state index is -1.03. The summed E-state index contributed by atoms with van der Waals surface area (Å²) in [5, 5.41) is 25.6. The molecule has 6 aromatic rings. The standard InChI is InChI=1S/C45H41N3O7S/c1-29-40(28-56-42-39(43(50)51)12-7-25-46-42)54-44(55-41(29)32-15-13-30(27-49)14-16-32)33-19-17-31(18-20-33)38-11-6-5-8-34(38)26-47-45(52)48-35-21-23-37(24-22-35)53-36-9-3-2-4-10-36/h2-25,29,40-41,44,49H,26-28H2,1H3,(H,50,51)(H2,47,48,52). The summed E-state index contributed by atoms with van der Waals surface area (Å²) in [6.07, 6.45) is 0.261. The minimum absolute atomic E-state index is 0.0540. The van der Waals surface area contributed by atoms with E-state index in [4.69, 9.17) is 14.2 Å². The smallest absolute Gasteiger partial charge is 0.338 e. The highest BCUT2D eigenvalue weighted by Gasteiger charge is 2.38. The second-order valence-electron chi connectivity index (χ2n) is 13.3. The molecule has 5 aromatic carbocycles. The number of thioether (sulfide) groups is 1. The molecule has 284 valence electrons. The molecule has 11 heteroatoms. The molecule has 56 heavy (non-hydrogen) atoms. The third-order valence-corrected chi connectivity index (χ3v) is 10.6. The lowest BCUT2D eigenvalue weighted by Crippen LogP contribution is -2.38. The maximum Gasteiger partial charge on any atom is 0.338 e. The predicted molar refractivity (Wildman–Crippen MR) is 216 cm³/mol. The van der Waals surface area contributed by atoms with Crippen LogP contribution < -0.4 is 15.4 Å². The number of nitrogens with zero attached hydrogens (tertiary/aromatic N) is 1. The van der Waals surface area contributed by atoms with Crippen LogP contribution in [0, 0.1) is 5.92 Å². The van der Waals surface area contributed by atoms with Crippen molar-refractivity contribution in [1.29, 1.82) is 0 Å². The maximum atomic E-state index is 12.9. The molecule has 2 heterocycles. The van der Waals surface area contributed by atoms with E-state index < -0.39 is 12.3 Å². The normalized spacial score (nSPS) is 17.8. The highest BCUT2D eigenvalue weighted by molar-refractivity contribution is 7.99. The number of para-hydroxylation sites is 1. The Balaban J connectivity index is 1.03. The summed E-state index contributed by atoms with van der Waals surface area (Å²) < 4.78 is 19.1. The molecular weight excluding hydrogens is 727 g/mol. The number of carboxylic acid groups (broad SMARTS) is 1. The van der Waals surface area contributed by atoms with E-state index in [1.165, 1.54) is 11.8 Å². The third kappa shape index (κ3) is 9.45. The fourth-order valence-electron chi connectivity index (χ4n) is 6.50. The van der Waals surface area contributed by atoms with E-state index >= 15 is 0 Å². The second kappa shape index (κ2) is 18.1. The van der Waals surface area contributed by atoms with Crippen LogP contribution in [0.1, 0.15) is 51.9 Å². The Morgan fingerprint density at radius 1 is 0.786 bits per heavy atom. The number of aliphatic hydroxyl groups is 1. The summed E-state index contributed by atoms with van der Waals surface area (Å²) in [6, 6.07) is 43.1. The number of carboxylic acids is 1. The molecule has 1 aliphatic rings. The summed E-state index contributed by atoms with van der Waals surface area (Å²) in [5.74, 6) is 0.753. The van der Waals surface area contributed by atoms with Crippen molar-refractivity contribution in [2.75, 3.05) is 11.1 Å². The molecule has 4 atom stereocenters. The molecule has 0 saturated carbocycles. The second-order valence-corrected chi connectivity index (χ2v) is 14.3. The SMILES string of the molecule is CC1C(CSc2ncccc2C(=O)O)OC(c2ccc(-c3ccccc3CNC(=O)Nc3ccc(Oc4ccccc4)cc3)cc2)OC1c1ccc(CO)cc1. The van der Waals surface area contributed by atoms with E-state index in [2.05, 4.69) is 22.5 Å². The summed E-state index contributed by atoms with van der Waals surface area (Å²) in [6.45, 7) is 2.32. The third-order valence-electron chi connectivity index (χ3n) is 9.55. The van der Waals surface area contributed by atoms with Crippen molar-refractivity contribution in [3.05, 3.63) is 174 Å². The average molecular weight is 768 g/mol. The van der Waals surface area contributed by atoms with Crippen molar-refractivity contribution < 1.29 is 34.0 Å². The number of pyridine rings is 1. The molecule has 1 fully saturated rings. The van der Waals surface area contributed by atoms with Crippen molar-refractivity contribution in [1.82, 2.24) is 10.3 Å². The molecule has 10 nitrogen and oxygen atoms in total. The quantitative estimate of drug-likeness (QED) is 0.0846. The Bertz CT molecular complexity index is 2240. The number of anilines is 1. The van der Waals surface area contributed by atoms with Gasteiger partial charge in [0, 0.05) is 35.7 Å². The van der Waals surface area contributed by atoms with Crippen LogP contribution in [-0.4, -0.2) is 39.1 Å². The first-order chi connectivity index (χ1) is 27.3. The number of hydrogen-bond acceptors (Lipinski definition) is 8. The predicted octanol–water partition coefficient (Wildman–Crippen LogP) is 9.64. The number of ether oxygens (including phenoxy) is 3. The van der Waals surface area contributed by atoms with Gasteiger partial charge in [-0.25, -0.2) is 14.6 Å². The minimum Gasteiger partial charge on any atom is -0.478 e. The summed E-state index contributed by atoms with van der Waals surface area (Å²) in [5.41, 5.74) is 6.26. The molecule has 0 bridgehead atoms. The van der Waals surface area contributed by atoms with Crippen LogP contribution in [0.5, 0.6) is 11.5 Å². The number of amides is 2. The van der Waals surface area contributed by atoms with Gasteiger partial charge in [0.15, 0.2) is 6.29 Å². The van der Waals surface area contributed by atoms with Gasteiger partial charge < -0.3 is 35.1 Å². The van der Waals surface area contributed by atoms with E-state index in [0.29, 0.717) is 28.8 Å². The zero-order chi connectivity index (χ0) is 38.9. The van der Waals surface area contributed by atoms with Crippen LogP contribution in [-0.2, 0) is 22.6 Å². The van der Waals surface area contributed by atoms with E-state index in [-0.39, 0.29) is 36.3 Å². The van der Waals surface area contributed by atoms with Gasteiger partial charge in [0.1, 0.15) is 16.5 Å². The number of aromatic carboxylic acids is 1. The molecule has 2 amide bonds. The van der Waals surface area contributed by atoms with Crippen molar-refractivity contribution >= 4 is 29.4 Å². The van der Waals surface area contributed by atoms with E-state index in [9.17, 15) is 19.8 Å². The maximum absolute atomic E-state index is 12.9. The molecule has 0 aliphatic carbocycles. The summed E-state index contributed by atoms with van der Waals surface area (Å²) >= 11 is 1.35. The lowest BCUT2D eigenvalue weighted by atomic mass is 9.91. The zero-order valence-electron chi connectivity index (χ0n) is 30.6. The Morgan fingerprint density at radius 3 is 2.21 bits per heavy atom. The zero-order valence-corrected chi connectivity index (χ0v) is 31.4. The number of urea groups is 1. The van der Waals surface area contributed by atoms with Gasteiger partial charge in [-0.1, -0.05) is 97.9 Å². The number of aromatic nitrogens is 1. The van der Waals surface area contributed by atoms with Crippen LogP contribution in [0.4, 0.5) is 10.5 Å². The first-order valence-corrected chi connectivity index (χ1v) is 19.2. The number of nitrogens with one attached hydrogen (secondary N) is 2. The number of hydrogen-bond donors (Lipinski definition) is 4. The Morgan fingerprint density at radius 2 is 1.48 bits per heavy atom. The van der Waals surface area contributed by atoms with Crippen molar-refractivity contribution in [3.63, 3.8) is 0 Å². The number of carbonyl (C=O) groups excluding carboxylic acids is 1. The average Bonchev–Trinajstić information content (AvgIpc) is 3.24. The lowest BCUT2D eigenvalue weighted by molar-refractivity contribution is -0.268. The molecule has 7 rings (SSSR count). The molecule has 1 saturated heterocycles. The van der Waals surface area contributed by atoms with Crippen LogP contribution in [0.2, 0.25) is 0 Å². The fraction of sp³-hybridized carbons (Fsp3) is 0.178. The molecule has 4 unspecified atom stereocenters. The Kier molecular flexibility index (Phi) is 12.4. The van der Waals surface area contributed by atoms with Crippen LogP contribution >= 0.6 is 11.8 Å². The summed E-state index contributed by atoms with van der Waals surface area (Å²) in [7, 11) is 0. The highest BCUT2D eigenvalue weighted by atomic mass is 32.2. The van der Waals surface area contributed by atoms with Crippen LogP contribution in [0.15, 0.2) is 151 Å². The van der Waals surface area contributed by atoms with Gasteiger partial charge >= 0.3 is 12.0 Å². The number of carbonyl (C=O) groups is 2. The van der Waals surface area contributed by atoms with Crippen LogP contribution in [0.3, 0.4) is 0 Å². The molecule has 4 N–H and O–H groups in total. The van der Waals surface area contributed by atoms with Gasteiger partial charge in [0.2, 0.25) is 0 Å². The Labute approximate surface area is 329 Å². The number of rotatable bonds is 13. The van der Waals surface area contributed by atoms with Crippen molar-refractivity contribution in [3.8, 4) is 22.6 Å². The summed E-state index contributed by atoms with van der Waals surface area (Å²) in [4.78, 5) is 29.1.